The molecule has 0 heterocycles. The summed E-state index contributed by atoms with van der Waals surface area (Å²) in [6, 6.07) is 0. The Morgan fingerprint density at radius 2 is 1.55 bits per heavy atom. The first-order chi connectivity index (χ1) is 15.2. The number of hydrogen-bond acceptors (Lipinski definition) is 4. The van der Waals surface area contributed by atoms with Crippen molar-refractivity contribution in [2.24, 2.45) is 44.3 Å². The predicted molar refractivity (Wildman–Crippen MR) is 130 cm³/mol. The molecule has 5 aliphatic carbocycles. The molecule has 0 aromatic heterocycles. The van der Waals surface area contributed by atoms with Crippen molar-refractivity contribution in [1.29, 1.82) is 0 Å². The topological polar surface area (TPSA) is 80.9 Å². The predicted octanol–water partition coefficient (Wildman–Crippen LogP) is 4.84. The zero-order chi connectivity index (χ0) is 24.2. The van der Waals surface area contributed by atoms with E-state index in [0.717, 1.165) is 44.9 Å². The van der Waals surface area contributed by atoms with E-state index >= 15 is 0 Å². The lowest BCUT2D eigenvalue weighted by molar-refractivity contribution is -0.243. The highest BCUT2D eigenvalue weighted by atomic mass is 16.3. The number of aliphatic hydroxyl groups is 4. The molecule has 4 N–H and O–H groups in total. The fourth-order valence-electron chi connectivity index (χ4n) is 10.7. The highest BCUT2D eigenvalue weighted by molar-refractivity contribution is 5.34. The third-order valence-corrected chi connectivity index (χ3v) is 12.7. The Bertz CT molecular complexity index is 851. The van der Waals surface area contributed by atoms with Crippen LogP contribution in [0.2, 0.25) is 0 Å². The molecule has 33 heavy (non-hydrogen) atoms. The van der Waals surface area contributed by atoms with Gasteiger partial charge in [-0.25, -0.2) is 0 Å². The van der Waals surface area contributed by atoms with Crippen LogP contribution in [0.4, 0.5) is 0 Å². The van der Waals surface area contributed by atoms with Gasteiger partial charge in [0, 0.05) is 10.8 Å². The van der Waals surface area contributed by atoms with Crippen LogP contribution in [0.25, 0.3) is 0 Å². The Labute approximate surface area is 200 Å². The summed E-state index contributed by atoms with van der Waals surface area (Å²) in [6.07, 6.45) is 9.58. The smallest absolute Gasteiger partial charge is 0.0877 e. The van der Waals surface area contributed by atoms with Crippen LogP contribution in [0, 0.1) is 44.3 Å². The lowest BCUT2D eigenvalue weighted by Gasteiger charge is -2.70. The van der Waals surface area contributed by atoms with Crippen molar-refractivity contribution in [2.75, 3.05) is 6.61 Å². The van der Waals surface area contributed by atoms with Crippen LogP contribution < -0.4 is 0 Å². The quantitative estimate of drug-likeness (QED) is 0.422. The van der Waals surface area contributed by atoms with Crippen LogP contribution in [-0.4, -0.2) is 45.3 Å². The standard InChI is InChI=1S/C29H48O4/c1-24(2)11-13-29(16-24)14-12-27(5)18(22(29)32)7-8-21-25(3)15-19(31)23(33)26(4,17-30)20(25)9-10-28(21,27)6/h7,19-23,30-33H,8-17H2,1-6H3. The van der Waals surface area contributed by atoms with Gasteiger partial charge in [0.2, 0.25) is 0 Å². The molecule has 4 nitrogen and oxygen atoms in total. The van der Waals surface area contributed by atoms with Crippen molar-refractivity contribution in [1.82, 2.24) is 0 Å². The molecule has 0 aliphatic heterocycles. The Kier molecular flexibility index (Phi) is 5.21. The van der Waals surface area contributed by atoms with E-state index in [2.05, 4.69) is 40.7 Å². The SMILES string of the molecule is CC1(C)CCC2(CCC3(C)C(=CCC4C5(C)CC(O)C(O)C(C)(CO)C5CCC43C)C2O)C1. The second kappa shape index (κ2) is 7.08. The minimum absolute atomic E-state index is 0.0391. The van der Waals surface area contributed by atoms with Crippen molar-refractivity contribution < 1.29 is 20.4 Å². The van der Waals surface area contributed by atoms with Crippen LogP contribution in [0.1, 0.15) is 99.3 Å². The van der Waals surface area contributed by atoms with Crippen LogP contribution in [0.3, 0.4) is 0 Å². The van der Waals surface area contributed by atoms with Gasteiger partial charge in [0.15, 0.2) is 0 Å². The van der Waals surface area contributed by atoms with Crippen molar-refractivity contribution in [2.45, 2.75) is 118 Å². The molecule has 0 bridgehead atoms. The zero-order valence-electron chi connectivity index (χ0n) is 21.8. The first kappa shape index (κ1) is 24.3. The molecule has 0 aromatic rings. The van der Waals surface area contributed by atoms with E-state index in [-0.39, 0.29) is 40.3 Å². The molecule has 10 unspecified atom stereocenters. The van der Waals surface area contributed by atoms with Gasteiger partial charge in [-0.3, -0.25) is 0 Å². The van der Waals surface area contributed by atoms with E-state index < -0.39 is 17.6 Å². The van der Waals surface area contributed by atoms with E-state index in [0.29, 0.717) is 17.8 Å². The van der Waals surface area contributed by atoms with E-state index in [1.807, 2.05) is 6.92 Å². The maximum atomic E-state index is 11.9. The Balaban J connectivity index is 1.55. The number of aliphatic hydroxyl groups excluding tert-OH is 4. The molecule has 4 fully saturated rings. The molecule has 4 heteroatoms. The van der Waals surface area contributed by atoms with Gasteiger partial charge in [-0.05, 0) is 96.9 Å². The lowest BCUT2D eigenvalue weighted by atomic mass is 9.34. The fraction of sp³-hybridized carbons (Fsp3) is 0.931. The van der Waals surface area contributed by atoms with E-state index in [1.54, 1.807) is 0 Å². The van der Waals surface area contributed by atoms with E-state index in [4.69, 9.17) is 0 Å². The Hall–Kier alpha value is -0.420. The maximum absolute atomic E-state index is 11.9. The molecule has 0 saturated heterocycles. The van der Waals surface area contributed by atoms with Gasteiger partial charge in [0.25, 0.3) is 0 Å². The molecule has 1 spiro atoms. The summed E-state index contributed by atoms with van der Waals surface area (Å²) in [5.74, 6) is 0.548. The second-order valence-corrected chi connectivity index (χ2v) is 14.8. The molecule has 10 atom stereocenters. The largest absolute Gasteiger partial charge is 0.396 e. The van der Waals surface area contributed by atoms with Crippen molar-refractivity contribution in [3.8, 4) is 0 Å². The van der Waals surface area contributed by atoms with Crippen LogP contribution in [0.5, 0.6) is 0 Å². The first-order valence-corrected chi connectivity index (χ1v) is 13.5. The minimum atomic E-state index is -0.878. The van der Waals surface area contributed by atoms with Gasteiger partial charge in [-0.15, -0.1) is 0 Å². The molecule has 5 rings (SSSR count). The number of allylic oxidation sites excluding steroid dienone is 1. The third-order valence-electron chi connectivity index (χ3n) is 12.7. The molecule has 0 radical (unpaired) electrons. The highest BCUT2D eigenvalue weighted by Crippen LogP contribution is 2.74. The van der Waals surface area contributed by atoms with E-state index in [1.165, 1.54) is 12.0 Å². The van der Waals surface area contributed by atoms with Crippen LogP contribution in [0.15, 0.2) is 11.6 Å². The normalized spacial score (nSPS) is 57.8. The Morgan fingerprint density at radius 3 is 2.15 bits per heavy atom. The summed E-state index contributed by atoms with van der Waals surface area (Å²) in [5, 5.41) is 44.1. The van der Waals surface area contributed by atoms with Gasteiger partial charge in [-0.1, -0.05) is 47.6 Å². The van der Waals surface area contributed by atoms with Gasteiger partial charge >= 0.3 is 0 Å². The summed E-state index contributed by atoms with van der Waals surface area (Å²) in [5.41, 5.74) is 0.826. The number of rotatable bonds is 1. The van der Waals surface area contributed by atoms with Gasteiger partial charge < -0.3 is 20.4 Å². The molecule has 4 saturated carbocycles. The average molecular weight is 461 g/mol. The summed E-state index contributed by atoms with van der Waals surface area (Å²) >= 11 is 0. The first-order valence-electron chi connectivity index (χ1n) is 13.5. The second-order valence-electron chi connectivity index (χ2n) is 14.8. The molecule has 5 aliphatic rings. The van der Waals surface area contributed by atoms with E-state index in [9.17, 15) is 20.4 Å². The monoisotopic (exact) mass is 460 g/mol. The number of hydrogen-bond donors (Lipinski definition) is 4. The van der Waals surface area contributed by atoms with Crippen LogP contribution >= 0.6 is 0 Å². The van der Waals surface area contributed by atoms with Crippen molar-refractivity contribution >= 4 is 0 Å². The fourth-order valence-corrected chi connectivity index (χ4v) is 10.7. The molecule has 0 amide bonds. The summed E-state index contributed by atoms with van der Waals surface area (Å²) < 4.78 is 0. The summed E-state index contributed by atoms with van der Waals surface area (Å²) in [4.78, 5) is 0. The summed E-state index contributed by atoms with van der Waals surface area (Å²) in [6.45, 7) is 13.8. The zero-order valence-corrected chi connectivity index (χ0v) is 21.8. The third kappa shape index (κ3) is 2.90. The molecular weight excluding hydrogens is 412 g/mol. The van der Waals surface area contributed by atoms with Crippen LogP contribution in [-0.2, 0) is 0 Å². The Morgan fingerprint density at radius 1 is 0.879 bits per heavy atom. The van der Waals surface area contributed by atoms with Crippen molar-refractivity contribution in [3.05, 3.63) is 11.6 Å². The molecule has 0 aromatic carbocycles. The molecule has 188 valence electrons. The van der Waals surface area contributed by atoms with Gasteiger partial charge in [0.05, 0.1) is 24.9 Å². The minimum Gasteiger partial charge on any atom is -0.396 e. The maximum Gasteiger partial charge on any atom is 0.0877 e. The lowest BCUT2D eigenvalue weighted by Crippen LogP contribution is -2.68. The highest BCUT2D eigenvalue weighted by Gasteiger charge is 2.69. The molecular formula is C29H48O4. The summed E-state index contributed by atoms with van der Waals surface area (Å²) in [7, 11) is 0. The number of fused-ring (bicyclic) bond motifs is 5. The van der Waals surface area contributed by atoms with Crippen molar-refractivity contribution in [3.63, 3.8) is 0 Å². The average Bonchev–Trinajstić information content (AvgIpc) is 3.06. The van der Waals surface area contributed by atoms with Gasteiger partial charge in [0.1, 0.15) is 0 Å². The van der Waals surface area contributed by atoms with Gasteiger partial charge in [-0.2, -0.15) is 0 Å².